The van der Waals surface area contributed by atoms with Gasteiger partial charge in [-0.3, -0.25) is 19.4 Å². The van der Waals surface area contributed by atoms with Crippen LogP contribution in [0.2, 0.25) is 0 Å². The fourth-order valence-corrected chi connectivity index (χ4v) is 7.51. The molecule has 244 valence electrons. The monoisotopic (exact) mass is 625 g/mol. The van der Waals surface area contributed by atoms with Crippen LogP contribution in [0.3, 0.4) is 0 Å². The van der Waals surface area contributed by atoms with Gasteiger partial charge in [-0.1, -0.05) is 63.1 Å². The Morgan fingerprint density at radius 3 is 2.59 bits per heavy atom. The molecule has 1 aromatic carbocycles. The van der Waals surface area contributed by atoms with E-state index in [0.717, 1.165) is 55.3 Å². The average molecular weight is 626 g/mol. The van der Waals surface area contributed by atoms with Gasteiger partial charge in [0.1, 0.15) is 5.69 Å². The molecule has 3 atom stereocenters. The number of rotatable bonds is 10. The molecule has 3 aromatic rings. The van der Waals surface area contributed by atoms with Gasteiger partial charge in [-0.2, -0.15) is 0 Å². The zero-order chi connectivity index (χ0) is 32.4. The van der Waals surface area contributed by atoms with E-state index in [2.05, 4.69) is 30.5 Å². The summed E-state index contributed by atoms with van der Waals surface area (Å²) in [5.41, 5.74) is 4.80. The molecule has 3 heterocycles. The second-order valence-electron chi connectivity index (χ2n) is 14.3. The summed E-state index contributed by atoms with van der Waals surface area (Å²) >= 11 is 0. The first-order valence-corrected chi connectivity index (χ1v) is 16.9. The summed E-state index contributed by atoms with van der Waals surface area (Å²) in [6.45, 7) is 7.29. The Morgan fingerprint density at radius 2 is 1.87 bits per heavy atom. The summed E-state index contributed by atoms with van der Waals surface area (Å²) in [5.74, 6) is -0.461. The first-order valence-electron chi connectivity index (χ1n) is 16.9. The van der Waals surface area contributed by atoms with E-state index >= 15 is 0 Å². The SMILES string of the molecule is Cc1cnc2c(c1)C(NCC(O)C(Cc1ccccc1)NC(=O)c1cc(N3CCCC3=O)c(=O)n(C3CCCC3)c1)CC(C)(C)C2. The fraction of sp³-hybridized carbons (Fsp3) is 0.514. The summed E-state index contributed by atoms with van der Waals surface area (Å²) in [6.07, 6.45) is 9.81. The minimum Gasteiger partial charge on any atom is -0.390 e. The number of pyridine rings is 2. The van der Waals surface area contributed by atoms with Crippen LogP contribution in [0.5, 0.6) is 0 Å². The fourth-order valence-electron chi connectivity index (χ4n) is 7.51. The van der Waals surface area contributed by atoms with Crippen molar-refractivity contribution >= 4 is 17.5 Å². The van der Waals surface area contributed by atoms with Crippen molar-refractivity contribution in [1.29, 1.82) is 0 Å². The van der Waals surface area contributed by atoms with Gasteiger partial charge in [0.2, 0.25) is 5.91 Å². The molecule has 9 heteroatoms. The molecule has 0 bridgehead atoms. The van der Waals surface area contributed by atoms with E-state index in [1.165, 1.54) is 10.5 Å². The average Bonchev–Trinajstić information content (AvgIpc) is 3.72. The largest absolute Gasteiger partial charge is 0.390 e. The zero-order valence-corrected chi connectivity index (χ0v) is 27.3. The molecule has 3 aliphatic rings. The smallest absolute Gasteiger partial charge is 0.274 e. The number of amides is 2. The molecule has 3 unspecified atom stereocenters. The second kappa shape index (κ2) is 13.5. The van der Waals surface area contributed by atoms with E-state index in [1.54, 1.807) is 16.8 Å². The molecule has 2 aromatic heterocycles. The molecule has 6 rings (SSSR count). The first-order chi connectivity index (χ1) is 22.1. The minimum absolute atomic E-state index is 0.00681. The maximum absolute atomic E-state index is 14.0. The number of hydrogen-bond acceptors (Lipinski definition) is 6. The molecule has 3 N–H and O–H groups in total. The molecule has 0 radical (unpaired) electrons. The van der Waals surface area contributed by atoms with Crippen molar-refractivity contribution in [3.8, 4) is 0 Å². The lowest BCUT2D eigenvalue weighted by molar-refractivity contribution is -0.117. The number of nitrogens with one attached hydrogen (secondary N) is 2. The van der Waals surface area contributed by atoms with E-state index in [0.29, 0.717) is 31.4 Å². The van der Waals surface area contributed by atoms with Gasteiger partial charge >= 0.3 is 0 Å². The van der Waals surface area contributed by atoms with Crippen LogP contribution >= 0.6 is 0 Å². The van der Waals surface area contributed by atoms with Crippen LogP contribution in [0.4, 0.5) is 5.69 Å². The number of fused-ring (bicyclic) bond motifs is 1. The number of nitrogens with zero attached hydrogens (tertiary/aromatic N) is 3. The number of carbonyl (C=O) groups is 2. The topological polar surface area (TPSA) is 117 Å². The third-order valence-electron chi connectivity index (χ3n) is 9.94. The standard InChI is InChI=1S/C37H47N5O4/c1-24-16-28-30(38-21-24)19-37(2,3)20-31(28)39-22-33(43)29(17-25-10-5-4-6-11-25)40-35(45)26-18-32(41-15-9-14-34(41)44)36(46)42(23-26)27-12-7-8-13-27/h4-6,10-11,16,18,21,23,27,29,31,33,39,43H,7-9,12-15,17,19-20,22H2,1-3H3,(H,40,45). The maximum atomic E-state index is 14.0. The quantitative estimate of drug-likeness (QED) is 0.298. The summed E-state index contributed by atoms with van der Waals surface area (Å²) in [5, 5.41) is 18.4. The molecule has 2 aliphatic carbocycles. The lowest BCUT2D eigenvalue weighted by Crippen LogP contribution is -2.50. The molecular formula is C37H47N5O4. The Kier molecular flexibility index (Phi) is 9.43. The Labute approximate surface area is 271 Å². The Hall–Kier alpha value is -3.82. The van der Waals surface area contributed by atoms with Gasteiger partial charge in [0, 0.05) is 49.7 Å². The van der Waals surface area contributed by atoms with Crippen molar-refractivity contribution in [3.63, 3.8) is 0 Å². The van der Waals surface area contributed by atoms with Crippen molar-refractivity contribution in [3.05, 3.63) is 93.2 Å². The van der Waals surface area contributed by atoms with Gasteiger partial charge in [0.15, 0.2) is 0 Å². The Balaban J connectivity index is 1.26. The minimum atomic E-state index is -0.893. The molecule has 1 aliphatic heterocycles. The summed E-state index contributed by atoms with van der Waals surface area (Å²) in [7, 11) is 0. The highest BCUT2D eigenvalue weighted by Crippen LogP contribution is 2.40. The Morgan fingerprint density at radius 1 is 1.11 bits per heavy atom. The molecule has 46 heavy (non-hydrogen) atoms. The first kappa shape index (κ1) is 32.1. The molecule has 2 amide bonds. The van der Waals surface area contributed by atoms with E-state index in [9.17, 15) is 19.5 Å². The molecular weight excluding hydrogens is 578 g/mol. The Bertz CT molecular complexity index is 1630. The van der Waals surface area contributed by atoms with Crippen molar-refractivity contribution in [2.45, 2.75) is 103 Å². The molecule has 1 saturated heterocycles. The number of benzene rings is 1. The van der Waals surface area contributed by atoms with Gasteiger partial charge in [-0.15, -0.1) is 0 Å². The number of aryl methyl sites for hydroxylation is 1. The van der Waals surface area contributed by atoms with Crippen molar-refractivity contribution in [2.24, 2.45) is 5.41 Å². The third-order valence-corrected chi connectivity index (χ3v) is 9.94. The lowest BCUT2D eigenvalue weighted by atomic mass is 9.73. The highest BCUT2D eigenvalue weighted by Gasteiger charge is 2.34. The molecule has 0 spiro atoms. The highest BCUT2D eigenvalue weighted by molar-refractivity contribution is 5.98. The number of anilines is 1. The van der Waals surface area contributed by atoms with E-state index < -0.39 is 12.1 Å². The maximum Gasteiger partial charge on any atom is 0.274 e. The van der Waals surface area contributed by atoms with Crippen LogP contribution in [-0.4, -0.2) is 51.7 Å². The molecule has 2 fully saturated rings. The van der Waals surface area contributed by atoms with Crippen molar-refractivity contribution in [1.82, 2.24) is 20.2 Å². The van der Waals surface area contributed by atoms with Gasteiger partial charge in [0.05, 0.1) is 17.7 Å². The van der Waals surface area contributed by atoms with Gasteiger partial charge in [-0.25, -0.2) is 0 Å². The normalized spacial score (nSPS) is 20.8. The molecule has 9 nitrogen and oxygen atoms in total. The predicted octanol–water partition coefficient (Wildman–Crippen LogP) is 4.80. The highest BCUT2D eigenvalue weighted by atomic mass is 16.3. The molecule has 1 saturated carbocycles. The van der Waals surface area contributed by atoms with E-state index in [4.69, 9.17) is 4.98 Å². The number of carbonyl (C=O) groups excluding carboxylic acids is 2. The summed E-state index contributed by atoms with van der Waals surface area (Å²) < 4.78 is 1.67. The zero-order valence-electron chi connectivity index (χ0n) is 27.3. The number of aromatic nitrogens is 2. The van der Waals surface area contributed by atoms with Crippen molar-refractivity contribution in [2.75, 3.05) is 18.0 Å². The van der Waals surface area contributed by atoms with Crippen LogP contribution in [0.1, 0.15) is 104 Å². The van der Waals surface area contributed by atoms with Gasteiger partial charge in [0.25, 0.3) is 11.5 Å². The van der Waals surface area contributed by atoms with Crippen LogP contribution in [0.15, 0.2) is 59.7 Å². The summed E-state index contributed by atoms with van der Waals surface area (Å²) in [4.78, 5) is 46.6. The second-order valence-corrected chi connectivity index (χ2v) is 14.3. The number of aliphatic hydroxyl groups excluding tert-OH is 1. The van der Waals surface area contributed by atoms with Crippen LogP contribution in [0, 0.1) is 12.3 Å². The van der Waals surface area contributed by atoms with E-state index in [-0.39, 0.29) is 47.1 Å². The predicted molar refractivity (Wildman–Crippen MR) is 179 cm³/mol. The van der Waals surface area contributed by atoms with Crippen LogP contribution in [-0.2, 0) is 17.6 Å². The van der Waals surface area contributed by atoms with Crippen LogP contribution < -0.4 is 21.1 Å². The number of hydrogen-bond donors (Lipinski definition) is 3. The van der Waals surface area contributed by atoms with Crippen LogP contribution in [0.25, 0.3) is 0 Å². The van der Waals surface area contributed by atoms with Gasteiger partial charge < -0.3 is 25.2 Å². The van der Waals surface area contributed by atoms with E-state index in [1.807, 2.05) is 43.5 Å². The van der Waals surface area contributed by atoms with Crippen molar-refractivity contribution < 1.29 is 14.7 Å². The summed E-state index contributed by atoms with van der Waals surface area (Å²) in [6, 6.07) is 13.0. The lowest BCUT2D eigenvalue weighted by Gasteiger charge is -2.37. The third kappa shape index (κ3) is 7.10. The number of aliphatic hydroxyl groups is 1. The van der Waals surface area contributed by atoms with Gasteiger partial charge in [-0.05, 0) is 73.6 Å².